The van der Waals surface area contributed by atoms with Crippen LogP contribution in [0.3, 0.4) is 0 Å². The van der Waals surface area contributed by atoms with Gasteiger partial charge in [-0.05, 0) is 38.6 Å². The predicted molar refractivity (Wildman–Crippen MR) is 94.2 cm³/mol. The van der Waals surface area contributed by atoms with Crippen molar-refractivity contribution in [2.75, 3.05) is 13.2 Å². The molecule has 134 valence electrons. The van der Waals surface area contributed by atoms with Gasteiger partial charge in [-0.15, -0.1) is 11.3 Å². The summed E-state index contributed by atoms with van der Waals surface area (Å²) in [7, 11) is 0. The van der Waals surface area contributed by atoms with Crippen molar-refractivity contribution in [2.24, 2.45) is 0 Å². The summed E-state index contributed by atoms with van der Waals surface area (Å²) in [6, 6.07) is 3.86. The van der Waals surface area contributed by atoms with E-state index in [1.54, 1.807) is 32.1 Å². The molecule has 0 atom stereocenters. The molecule has 0 saturated heterocycles. The van der Waals surface area contributed by atoms with Crippen LogP contribution in [0, 0.1) is 13.8 Å². The lowest BCUT2D eigenvalue weighted by Gasteiger charge is -2.07. The summed E-state index contributed by atoms with van der Waals surface area (Å²) in [5, 5.41) is 1.94. The molecule has 0 amide bonds. The number of aromatic nitrogens is 1. The van der Waals surface area contributed by atoms with Gasteiger partial charge in [-0.2, -0.15) is 0 Å². The first-order valence-corrected chi connectivity index (χ1v) is 8.89. The fourth-order valence-corrected chi connectivity index (χ4v) is 3.27. The van der Waals surface area contributed by atoms with Crippen molar-refractivity contribution in [3.05, 3.63) is 44.9 Å². The molecule has 0 aliphatic heterocycles. The molecule has 0 saturated carbocycles. The average Bonchev–Trinajstić information content (AvgIpc) is 3.18. The third-order valence-corrected chi connectivity index (χ3v) is 4.59. The quantitative estimate of drug-likeness (QED) is 0.575. The van der Waals surface area contributed by atoms with Crippen LogP contribution in [0.25, 0.3) is 0 Å². The Bertz CT molecular complexity index is 761. The SMILES string of the molecule is CCOC(=O)c1c(C)[nH]c(C)c1C(=O)COC(=O)CCc1cccs1. The van der Waals surface area contributed by atoms with E-state index < -0.39 is 24.3 Å². The Morgan fingerprint density at radius 1 is 1.12 bits per heavy atom. The number of hydrogen-bond donors (Lipinski definition) is 1. The van der Waals surface area contributed by atoms with E-state index in [-0.39, 0.29) is 24.2 Å². The van der Waals surface area contributed by atoms with Crippen LogP contribution in [0.1, 0.15) is 50.3 Å². The van der Waals surface area contributed by atoms with Gasteiger partial charge in [-0.1, -0.05) is 6.07 Å². The van der Waals surface area contributed by atoms with Crippen molar-refractivity contribution in [1.82, 2.24) is 4.98 Å². The van der Waals surface area contributed by atoms with Gasteiger partial charge in [0.25, 0.3) is 0 Å². The Hall–Kier alpha value is -2.41. The summed E-state index contributed by atoms with van der Waals surface area (Å²) in [6.07, 6.45) is 0.796. The van der Waals surface area contributed by atoms with Gasteiger partial charge < -0.3 is 14.5 Å². The number of ether oxygens (including phenoxy) is 2. The Balaban J connectivity index is 1.98. The van der Waals surface area contributed by atoms with Gasteiger partial charge in [0, 0.05) is 16.3 Å². The van der Waals surface area contributed by atoms with Gasteiger partial charge in [-0.25, -0.2) is 4.79 Å². The molecule has 6 nitrogen and oxygen atoms in total. The number of nitrogens with one attached hydrogen (secondary N) is 1. The van der Waals surface area contributed by atoms with Crippen LogP contribution < -0.4 is 0 Å². The van der Waals surface area contributed by atoms with Crippen molar-refractivity contribution < 1.29 is 23.9 Å². The fraction of sp³-hybridized carbons (Fsp3) is 0.389. The topological polar surface area (TPSA) is 85.5 Å². The zero-order valence-corrected chi connectivity index (χ0v) is 15.3. The van der Waals surface area contributed by atoms with Crippen molar-refractivity contribution >= 4 is 29.1 Å². The lowest BCUT2D eigenvalue weighted by atomic mass is 10.1. The summed E-state index contributed by atoms with van der Waals surface area (Å²) in [6.45, 7) is 4.91. The highest BCUT2D eigenvalue weighted by molar-refractivity contribution is 7.09. The molecule has 2 aromatic heterocycles. The molecule has 0 fully saturated rings. The minimum Gasteiger partial charge on any atom is -0.462 e. The van der Waals surface area contributed by atoms with Gasteiger partial charge in [0.05, 0.1) is 24.2 Å². The lowest BCUT2D eigenvalue weighted by Crippen LogP contribution is -2.18. The summed E-state index contributed by atoms with van der Waals surface area (Å²) in [5.74, 6) is -1.42. The summed E-state index contributed by atoms with van der Waals surface area (Å²) in [4.78, 5) is 40.4. The summed E-state index contributed by atoms with van der Waals surface area (Å²) < 4.78 is 10.1. The molecule has 0 bridgehead atoms. The molecule has 0 radical (unpaired) electrons. The summed E-state index contributed by atoms with van der Waals surface area (Å²) in [5.41, 5.74) is 1.55. The third-order valence-electron chi connectivity index (χ3n) is 3.65. The number of carbonyl (C=O) groups excluding carboxylic acids is 3. The first-order chi connectivity index (χ1) is 11.9. The zero-order chi connectivity index (χ0) is 18.4. The van der Waals surface area contributed by atoms with Gasteiger partial charge in [0.2, 0.25) is 5.78 Å². The maximum Gasteiger partial charge on any atom is 0.340 e. The molecule has 2 aromatic rings. The van der Waals surface area contributed by atoms with E-state index in [1.165, 1.54) is 0 Å². The molecule has 0 unspecified atom stereocenters. The van der Waals surface area contributed by atoms with Crippen LogP contribution in [-0.2, 0) is 20.7 Å². The maximum absolute atomic E-state index is 12.4. The highest BCUT2D eigenvalue weighted by atomic mass is 32.1. The first kappa shape index (κ1) is 18.9. The Morgan fingerprint density at radius 2 is 1.84 bits per heavy atom. The van der Waals surface area contributed by atoms with Crippen LogP contribution in [0.5, 0.6) is 0 Å². The molecule has 25 heavy (non-hydrogen) atoms. The number of Topliss-reactive ketones (excluding diaryl/α,β-unsaturated/α-hetero) is 1. The number of carbonyl (C=O) groups is 3. The van der Waals surface area contributed by atoms with Crippen molar-refractivity contribution in [3.8, 4) is 0 Å². The van der Waals surface area contributed by atoms with Crippen LogP contribution >= 0.6 is 11.3 Å². The molecule has 7 heteroatoms. The van der Waals surface area contributed by atoms with Crippen LogP contribution in [-0.4, -0.2) is 35.9 Å². The molecule has 1 N–H and O–H groups in total. The molecular formula is C18H21NO5S. The second-order valence-electron chi connectivity index (χ2n) is 5.51. The number of thiophene rings is 1. The Kier molecular flexibility index (Phi) is 6.52. The van der Waals surface area contributed by atoms with Gasteiger partial charge >= 0.3 is 11.9 Å². The summed E-state index contributed by atoms with van der Waals surface area (Å²) >= 11 is 1.57. The second-order valence-corrected chi connectivity index (χ2v) is 6.54. The van der Waals surface area contributed by atoms with Crippen LogP contribution in [0.4, 0.5) is 0 Å². The van der Waals surface area contributed by atoms with Gasteiger partial charge in [0.15, 0.2) is 6.61 Å². The number of esters is 2. The molecule has 2 rings (SSSR count). The minimum absolute atomic E-state index is 0.207. The van der Waals surface area contributed by atoms with Crippen LogP contribution in [0.2, 0.25) is 0 Å². The van der Waals surface area contributed by atoms with Gasteiger partial charge in [0.1, 0.15) is 0 Å². The predicted octanol–water partition coefficient (Wildman–Crippen LogP) is 3.23. The number of aromatic amines is 1. The van der Waals surface area contributed by atoms with E-state index in [4.69, 9.17) is 9.47 Å². The Morgan fingerprint density at radius 3 is 2.48 bits per heavy atom. The smallest absolute Gasteiger partial charge is 0.340 e. The molecule has 0 aromatic carbocycles. The van der Waals surface area contributed by atoms with E-state index in [1.807, 2.05) is 17.5 Å². The molecule has 2 heterocycles. The van der Waals surface area contributed by atoms with E-state index >= 15 is 0 Å². The average molecular weight is 363 g/mol. The number of aryl methyl sites for hydroxylation is 3. The standard InChI is InChI=1S/C18H21NO5S/c1-4-23-18(22)17-12(3)19-11(2)16(17)14(20)10-24-15(21)8-7-13-6-5-9-25-13/h5-6,9,19H,4,7-8,10H2,1-3H3. The number of rotatable bonds is 8. The number of ketones is 1. The highest BCUT2D eigenvalue weighted by Gasteiger charge is 2.25. The van der Waals surface area contributed by atoms with E-state index in [2.05, 4.69) is 4.98 Å². The largest absolute Gasteiger partial charge is 0.462 e. The second kappa shape index (κ2) is 8.62. The van der Waals surface area contributed by atoms with Gasteiger partial charge in [-0.3, -0.25) is 9.59 Å². The molecule has 0 aliphatic rings. The highest BCUT2D eigenvalue weighted by Crippen LogP contribution is 2.20. The molecule has 0 aliphatic carbocycles. The minimum atomic E-state index is -0.559. The van der Waals surface area contributed by atoms with Crippen molar-refractivity contribution in [1.29, 1.82) is 0 Å². The monoisotopic (exact) mass is 363 g/mol. The first-order valence-electron chi connectivity index (χ1n) is 8.01. The van der Waals surface area contributed by atoms with E-state index in [0.29, 0.717) is 17.8 Å². The lowest BCUT2D eigenvalue weighted by molar-refractivity contribution is -0.142. The van der Waals surface area contributed by atoms with Crippen LogP contribution in [0.15, 0.2) is 17.5 Å². The molecule has 0 spiro atoms. The van der Waals surface area contributed by atoms with E-state index in [0.717, 1.165) is 4.88 Å². The van der Waals surface area contributed by atoms with Crippen molar-refractivity contribution in [3.63, 3.8) is 0 Å². The van der Waals surface area contributed by atoms with E-state index in [9.17, 15) is 14.4 Å². The third kappa shape index (κ3) is 4.79. The maximum atomic E-state index is 12.4. The molecular weight excluding hydrogens is 342 g/mol. The van der Waals surface area contributed by atoms with Crippen molar-refractivity contribution in [2.45, 2.75) is 33.6 Å². The zero-order valence-electron chi connectivity index (χ0n) is 14.5. The Labute approximate surface area is 150 Å². The number of hydrogen-bond acceptors (Lipinski definition) is 6. The normalized spacial score (nSPS) is 10.5. The fourth-order valence-electron chi connectivity index (χ4n) is 2.56. The number of H-pyrrole nitrogens is 1.